The van der Waals surface area contributed by atoms with Gasteiger partial charge in [0.25, 0.3) is 0 Å². The Morgan fingerprint density at radius 1 is 1.17 bits per heavy atom. The highest BCUT2D eigenvalue weighted by atomic mass is 35.5. The van der Waals surface area contributed by atoms with Crippen LogP contribution in [0, 0.1) is 11.6 Å². The molecule has 1 aromatic heterocycles. The van der Waals surface area contributed by atoms with Gasteiger partial charge in [0.2, 0.25) is 5.28 Å². The highest BCUT2D eigenvalue weighted by molar-refractivity contribution is 6.28. The molecule has 126 valence electrons. The van der Waals surface area contributed by atoms with Gasteiger partial charge in [-0.25, -0.2) is 18.7 Å². The third-order valence-corrected chi connectivity index (χ3v) is 4.85. The van der Waals surface area contributed by atoms with Crippen LogP contribution in [0.5, 0.6) is 5.75 Å². The predicted octanol–water partition coefficient (Wildman–Crippen LogP) is 4.22. The number of hydrogen-bond donors (Lipinski definition) is 0. The molecule has 0 bridgehead atoms. The lowest BCUT2D eigenvalue weighted by Gasteiger charge is -2.36. The maximum absolute atomic E-state index is 14.6. The molecule has 1 saturated carbocycles. The van der Waals surface area contributed by atoms with Gasteiger partial charge >= 0.3 is 0 Å². The molecule has 24 heavy (non-hydrogen) atoms. The third kappa shape index (κ3) is 2.69. The van der Waals surface area contributed by atoms with Crippen LogP contribution in [-0.4, -0.2) is 29.2 Å². The van der Waals surface area contributed by atoms with E-state index in [0.29, 0.717) is 30.4 Å². The van der Waals surface area contributed by atoms with E-state index in [2.05, 4.69) is 14.9 Å². The molecule has 0 saturated heterocycles. The van der Waals surface area contributed by atoms with Gasteiger partial charge in [-0.15, -0.1) is 0 Å². The largest absolute Gasteiger partial charge is 0.486 e. The molecule has 0 unspecified atom stereocenters. The van der Waals surface area contributed by atoms with Gasteiger partial charge in [-0.3, -0.25) is 0 Å². The van der Waals surface area contributed by atoms with Crippen molar-refractivity contribution in [2.45, 2.75) is 31.7 Å². The summed E-state index contributed by atoms with van der Waals surface area (Å²) in [6.45, 7) is 1.15. The Kier molecular flexibility index (Phi) is 4.00. The first-order valence-electron chi connectivity index (χ1n) is 8.05. The summed E-state index contributed by atoms with van der Waals surface area (Å²) in [4.78, 5) is 9.69. The number of rotatable bonds is 2. The zero-order valence-corrected chi connectivity index (χ0v) is 13.7. The van der Waals surface area contributed by atoms with Crippen molar-refractivity contribution >= 4 is 17.3 Å². The summed E-state index contributed by atoms with van der Waals surface area (Å²) in [7, 11) is 0. The number of fused-ring (bicyclic) bond motifs is 1. The summed E-state index contributed by atoms with van der Waals surface area (Å²) in [5.41, 5.74) is 0.993. The first-order chi connectivity index (χ1) is 11.6. The molecule has 1 fully saturated rings. The van der Waals surface area contributed by atoms with E-state index >= 15 is 0 Å². The van der Waals surface area contributed by atoms with Gasteiger partial charge in [-0.1, -0.05) is 12.8 Å². The Bertz CT molecular complexity index is 781. The van der Waals surface area contributed by atoms with Gasteiger partial charge in [0.05, 0.1) is 18.4 Å². The van der Waals surface area contributed by atoms with Crippen LogP contribution in [0.15, 0.2) is 18.3 Å². The predicted molar refractivity (Wildman–Crippen MR) is 87.5 cm³/mol. The Morgan fingerprint density at radius 2 is 1.96 bits per heavy atom. The summed E-state index contributed by atoms with van der Waals surface area (Å²) in [6.07, 6.45) is 5.51. The molecule has 7 heteroatoms. The van der Waals surface area contributed by atoms with Gasteiger partial charge in [0.15, 0.2) is 17.4 Å². The Hall–Kier alpha value is -1.95. The van der Waals surface area contributed by atoms with E-state index in [9.17, 15) is 8.78 Å². The molecule has 1 aliphatic heterocycles. The van der Waals surface area contributed by atoms with E-state index in [1.54, 1.807) is 6.07 Å². The van der Waals surface area contributed by atoms with Gasteiger partial charge in [0, 0.05) is 11.6 Å². The number of hydrogen-bond acceptors (Lipinski definition) is 4. The second-order valence-corrected chi connectivity index (χ2v) is 6.46. The minimum Gasteiger partial charge on any atom is -0.486 e. The molecule has 2 aromatic rings. The van der Waals surface area contributed by atoms with E-state index < -0.39 is 11.6 Å². The summed E-state index contributed by atoms with van der Waals surface area (Å²) in [5.74, 6) is -0.917. The molecule has 4 rings (SSSR count). The smallest absolute Gasteiger partial charge is 0.223 e. The van der Waals surface area contributed by atoms with Crippen LogP contribution in [0.25, 0.3) is 11.3 Å². The number of aromatic nitrogens is 2. The standard InChI is InChI=1S/C17H16ClF2N3O/c18-17-21-9-13(20)15(22-17)10-7-12(19)16-14(8-10)23(5-6-24-16)11-3-1-2-4-11/h7-9,11H,1-6H2. The number of benzene rings is 1. The van der Waals surface area contributed by atoms with Crippen molar-refractivity contribution in [1.82, 2.24) is 9.97 Å². The van der Waals surface area contributed by atoms with Gasteiger partial charge in [-0.2, -0.15) is 0 Å². The van der Waals surface area contributed by atoms with Gasteiger partial charge < -0.3 is 9.64 Å². The summed E-state index contributed by atoms with van der Waals surface area (Å²) < 4.78 is 34.1. The van der Waals surface area contributed by atoms with Crippen molar-refractivity contribution in [2.24, 2.45) is 0 Å². The van der Waals surface area contributed by atoms with Crippen molar-refractivity contribution in [3.8, 4) is 17.0 Å². The Balaban J connectivity index is 1.82. The number of anilines is 1. The quantitative estimate of drug-likeness (QED) is 0.759. The van der Waals surface area contributed by atoms with E-state index in [1.165, 1.54) is 18.9 Å². The monoisotopic (exact) mass is 351 g/mol. The lowest BCUT2D eigenvalue weighted by Crippen LogP contribution is -2.40. The molecule has 2 heterocycles. The number of nitrogens with zero attached hydrogens (tertiary/aromatic N) is 3. The average Bonchev–Trinajstić information content (AvgIpc) is 3.11. The minimum absolute atomic E-state index is 0.00588. The zero-order chi connectivity index (χ0) is 16.7. The fourth-order valence-electron chi connectivity index (χ4n) is 3.58. The Morgan fingerprint density at radius 3 is 2.75 bits per heavy atom. The van der Waals surface area contributed by atoms with Crippen LogP contribution in [0.1, 0.15) is 25.7 Å². The maximum Gasteiger partial charge on any atom is 0.223 e. The van der Waals surface area contributed by atoms with Crippen molar-refractivity contribution in [3.05, 3.63) is 35.2 Å². The molecule has 0 radical (unpaired) electrons. The third-order valence-electron chi connectivity index (χ3n) is 4.67. The second kappa shape index (κ2) is 6.16. The van der Waals surface area contributed by atoms with Crippen molar-refractivity contribution < 1.29 is 13.5 Å². The maximum atomic E-state index is 14.6. The zero-order valence-electron chi connectivity index (χ0n) is 12.9. The van der Waals surface area contributed by atoms with E-state index in [-0.39, 0.29) is 16.7 Å². The first kappa shape index (κ1) is 15.6. The van der Waals surface area contributed by atoms with Crippen LogP contribution >= 0.6 is 11.6 Å². The highest BCUT2D eigenvalue weighted by Gasteiger charge is 2.30. The molecule has 0 spiro atoms. The highest BCUT2D eigenvalue weighted by Crippen LogP contribution is 2.41. The van der Waals surface area contributed by atoms with Gasteiger partial charge in [-0.05, 0) is 36.6 Å². The molecule has 0 amide bonds. The van der Waals surface area contributed by atoms with Crippen LogP contribution in [0.3, 0.4) is 0 Å². The van der Waals surface area contributed by atoms with E-state index in [4.69, 9.17) is 16.3 Å². The Labute approximate surface area is 143 Å². The van der Waals surface area contributed by atoms with Crippen LogP contribution in [0.2, 0.25) is 5.28 Å². The van der Waals surface area contributed by atoms with Crippen LogP contribution in [-0.2, 0) is 0 Å². The molecule has 0 atom stereocenters. The van der Waals surface area contributed by atoms with Crippen molar-refractivity contribution in [1.29, 1.82) is 0 Å². The molecule has 1 aromatic carbocycles. The molecule has 1 aliphatic carbocycles. The van der Waals surface area contributed by atoms with Crippen LogP contribution < -0.4 is 9.64 Å². The molecule has 4 nitrogen and oxygen atoms in total. The molecular weight excluding hydrogens is 336 g/mol. The molecular formula is C17H16ClF2N3O. The summed E-state index contributed by atoms with van der Waals surface area (Å²) in [5, 5.41) is -0.0755. The normalized spacial score (nSPS) is 17.7. The lowest BCUT2D eigenvalue weighted by atomic mass is 10.1. The summed E-state index contributed by atoms with van der Waals surface area (Å²) >= 11 is 5.76. The van der Waals surface area contributed by atoms with Gasteiger partial charge in [0.1, 0.15) is 12.3 Å². The number of ether oxygens (including phenoxy) is 1. The SMILES string of the molecule is Fc1cnc(Cl)nc1-c1cc(F)c2c(c1)N(C1CCCC1)CCO2. The minimum atomic E-state index is -0.636. The molecule has 2 aliphatic rings. The summed E-state index contributed by atoms with van der Waals surface area (Å²) in [6, 6.07) is 3.34. The topological polar surface area (TPSA) is 38.2 Å². The van der Waals surface area contributed by atoms with Crippen molar-refractivity contribution in [2.75, 3.05) is 18.1 Å². The number of halogens is 3. The average molecular weight is 352 g/mol. The van der Waals surface area contributed by atoms with Crippen molar-refractivity contribution in [3.63, 3.8) is 0 Å². The van der Waals surface area contributed by atoms with E-state index in [0.717, 1.165) is 19.0 Å². The fraction of sp³-hybridized carbons (Fsp3) is 0.412. The second-order valence-electron chi connectivity index (χ2n) is 6.12. The molecule has 0 N–H and O–H groups in total. The van der Waals surface area contributed by atoms with E-state index in [1.807, 2.05) is 0 Å². The first-order valence-corrected chi connectivity index (χ1v) is 8.42. The lowest BCUT2D eigenvalue weighted by molar-refractivity contribution is 0.285. The fourth-order valence-corrected chi connectivity index (χ4v) is 3.71. The van der Waals surface area contributed by atoms with Crippen LogP contribution in [0.4, 0.5) is 14.5 Å².